The Hall–Kier alpha value is -2.14. The molecule has 0 bridgehead atoms. The van der Waals surface area contributed by atoms with Gasteiger partial charge in [0.15, 0.2) is 0 Å². The van der Waals surface area contributed by atoms with Crippen LogP contribution in [0.5, 0.6) is 5.75 Å². The molecule has 1 unspecified atom stereocenters. The number of piperidine rings is 1. The van der Waals surface area contributed by atoms with Crippen molar-refractivity contribution in [3.63, 3.8) is 0 Å². The Bertz CT molecular complexity index is 797. The molecule has 1 atom stereocenters. The van der Waals surface area contributed by atoms with Crippen molar-refractivity contribution in [2.75, 3.05) is 38.2 Å². The minimum atomic E-state index is 0.516. The predicted molar refractivity (Wildman–Crippen MR) is 111 cm³/mol. The summed E-state index contributed by atoms with van der Waals surface area (Å²) in [5.41, 5.74) is 1.91. The third kappa shape index (κ3) is 3.26. The van der Waals surface area contributed by atoms with E-state index in [1.54, 1.807) is 19.5 Å². The summed E-state index contributed by atoms with van der Waals surface area (Å²) in [5.74, 6) is 2.73. The van der Waals surface area contributed by atoms with Gasteiger partial charge in [-0.2, -0.15) is 0 Å². The van der Waals surface area contributed by atoms with Crippen molar-refractivity contribution in [1.29, 1.82) is 0 Å². The van der Waals surface area contributed by atoms with Crippen LogP contribution in [0.25, 0.3) is 0 Å². The Balaban J connectivity index is 1.15. The lowest BCUT2D eigenvalue weighted by molar-refractivity contribution is 0.131. The molecule has 0 amide bonds. The van der Waals surface area contributed by atoms with Gasteiger partial charge in [0.25, 0.3) is 0 Å². The van der Waals surface area contributed by atoms with Crippen LogP contribution in [0.15, 0.2) is 42.9 Å². The van der Waals surface area contributed by atoms with Gasteiger partial charge in [-0.05, 0) is 62.7 Å². The number of likely N-dealkylation sites (tertiary alicyclic amines) is 1. The number of hydrogen-bond acceptors (Lipinski definition) is 5. The molecule has 1 aromatic heterocycles. The van der Waals surface area contributed by atoms with Crippen molar-refractivity contribution in [3.05, 3.63) is 48.4 Å². The van der Waals surface area contributed by atoms with E-state index in [0.29, 0.717) is 11.3 Å². The Morgan fingerprint density at radius 3 is 2.64 bits per heavy atom. The molecule has 2 aromatic rings. The first kappa shape index (κ1) is 17.9. The minimum absolute atomic E-state index is 0.516. The third-order valence-corrected chi connectivity index (χ3v) is 7.23. The van der Waals surface area contributed by atoms with Crippen molar-refractivity contribution in [2.45, 2.75) is 44.1 Å². The van der Waals surface area contributed by atoms with Gasteiger partial charge in [-0.15, -0.1) is 0 Å². The average Bonchev–Trinajstić information content (AvgIpc) is 3.19. The van der Waals surface area contributed by atoms with Gasteiger partial charge in [0.2, 0.25) is 0 Å². The average molecular weight is 379 g/mol. The van der Waals surface area contributed by atoms with Gasteiger partial charge in [0.05, 0.1) is 13.3 Å². The van der Waals surface area contributed by atoms with Crippen LogP contribution in [-0.2, 0) is 0 Å². The summed E-state index contributed by atoms with van der Waals surface area (Å²) >= 11 is 0. The molecule has 2 aliphatic heterocycles. The fourth-order valence-electron chi connectivity index (χ4n) is 5.73. The normalized spacial score (nSPS) is 25.0. The number of methoxy groups -OCH3 is 1. The number of para-hydroxylation sites is 1. The topological polar surface area (TPSA) is 41.5 Å². The van der Waals surface area contributed by atoms with Crippen LogP contribution in [0.4, 0.5) is 5.82 Å². The van der Waals surface area contributed by atoms with Crippen LogP contribution in [0.1, 0.15) is 43.6 Å². The van der Waals surface area contributed by atoms with E-state index in [9.17, 15) is 0 Å². The maximum Gasteiger partial charge on any atom is 0.147 e. The molecule has 28 heavy (non-hydrogen) atoms. The lowest BCUT2D eigenvalue weighted by Crippen LogP contribution is -2.56. The Morgan fingerprint density at radius 1 is 1.07 bits per heavy atom. The molecule has 1 saturated carbocycles. The quantitative estimate of drug-likeness (QED) is 0.811. The largest absolute Gasteiger partial charge is 0.496 e. The molecule has 1 aliphatic carbocycles. The fourth-order valence-corrected chi connectivity index (χ4v) is 5.73. The van der Waals surface area contributed by atoms with Gasteiger partial charge in [-0.3, -0.25) is 4.98 Å². The minimum Gasteiger partial charge on any atom is -0.496 e. The number of rotatable bonds is 4. The van der Waals surface area contributed by atoms with Gasteiger partial charge in [-0.1, -0.05) is 18.2 Å². The molecule has 3 aliphatic rings. The number of benzene rings is 1. The van der Waals surface area contributed by atoms with Gasteiger partial charge in [0.1, 0.15) is 11.6 Å². The zero-order valence-corrected chi connectivity index (χ0v) is 16.8. The Morgan fingerprint density at radius 2 is 1.89 bits per heavy atom. The van der Waals surface area contributed by atoms with Crippen molar-refractivity contribution in [2.24, 2.45) is 5.41 Å². The van der Waals surface area contributed by atoms with E-state index in [-0.39, 0.29) is 0 Å². The van der Waals surface area contributed by atoms with Gasteiger partial charge < -0.3 is 14.5 Å². The maximum atomic E-state index is 5.59. The van der Waals surface area contributed by atoms with Crippen LogP contribution in [0.3, 0.4) is 0 Å². The highest BCUT2D eigenvalue weighted by Crippen LogP contribution is 2.48. The second-order valence-corrected chi connectivity index (χ2v) is 8.87. The van der Waals surface area contributed by atoms with Crippen LogP contribution >= 0.6 is 0 Å². The molecule has 1 spiro atoms. The molecule has 3 fully saturated rings. The summed E-state index contributed by atoms with van der Waals surface area (Å²) < 4.78 is 5.59. The molecule has 2 saturated heterocycles. The van der Waals surface area contributed by atoms with E-state index >= 15 is 0 Å². The lowest BCUT2D eigenvalue weighted by Gasteiger charge is -2.49. The number of nitrogens with zero attached hydrogens (tertiary/aromatic N) is 4. The molecular weight excluding hydrogens is 348 g/mol. The molecule has 0 N–H and O–H groups in total. The Labute approximate surface area is 167 Å². The molecule has 148 valence electrons. The van der Waals surface area contributed by atoms with E-state index in [0.717, 1.165) is 30.7 Å². The van der Waals surface area contributed by atoms with E-state index < -0.39 is 0 Å². The molecule has 1 aromatic carbocycles. The van der Waals surface area contributed by atoms with E-state index in [4.69, 9.17) is 4.74 Å². The van der Waals surface area contributed by atoms with E-state index in [1.165, 1.54) is 50.8 Å². The van der Waals surface area contributed by atoms with Crippen molar-refractivity contribution < 1.29 is 4.74 Å². The number of hydrogen-bond donors (Lipinski definition) is 0. The summed E-state index contributed by atoms with van der Waals surface area (Å²) in [6.45, 7) is 4.74. The number of anilines is 1. The summed E-state index contributed by atoms with van der Waals surface area (Å²) in [6.07, 6.45) is 12.0. The van der Waals surface area contributed by atoms with Gasteiger partial charge >= 0.3 is 0 Å². The highest BCUT2D eigenvalue weighted by Gasteiger charge is 2.49. The SMILES string of the molecule is COc1ccccc1C1CCN(C2CCC3(C2)CN(c2cnccn2)C3)CC1. The molecule has 0 radical (unpaired) electrons. The summed E-state index contributed by atoms with van der Waals surface area (Å²) in [4.78, 5) is 13.8. The lowest BCUT2D eigenvalue weighted by atomic mass is 9.78. The van der Waals surface area contributed by atoms with Crippen molar-refractivity contribution in [3.8, 4) is 5.75 Å². The monoisotopic (exact) mass is 378 g/mol. The maximum absolute atomic E-state index is 5.59. The summed E-state index contributed by atoms with van der Waals surface area (Å²) in [6, 6.07) is 9.33. The molecule has 5 nitrogen and oxygen atoms in total. The van der Waals surface area contributed by atoms with Gasteiger partial charge in [-0.25, -0.2) is 4.98 Å². The van der Waals surface area contributed by atoms with Crippen LogP contribution in [0.2, 0.25) is 0 Å². The summed E-state index contributed by atoms with van der Waals surface area (Å²) in [7, 11) is 1.79. The summed E-state index contributed by atoms with van der Waals surface area (Å²) in [5, 5.41) is 0. The van der Waals surface area contributed by atoms with Crippen molar-refractivity contribution in [1.82, 2.24) is 14.9 Å². The van der Waals surface area contributed by atoms with Crippen LogP contribution in [0, 0.1) is 5.41 Å². The first-order valence-electron chi connectivity index (χ1n) is 10.6. The highest BCUT2D eigenvalue weighted by molar-refractivity contribution is 5.41. The van der Waals surface area contributed by atoms with Gasteiger partial charge in [0, 0.05) is 36.9 Å². The second kappa shape index (κ2) is 7.36. The number of ether oxygens (including phenoxy) is 1. The van der Waals surface area contributed by atoms with Crippen molar-refractivity contribution >= 4 is 5.82 Å². The zero-order chi connectivity index (χ0) is 19.0. The standard InChI is InChI=1S/C23H30N4O/c1-28-21-5-3-2-4-20(21)18-7-12-26(13-8-18)19-6-9-23(14-19)16-27(17-23)22-15-24-10-11-25-22/h2-5,10-11,15,18-19H,6-9,12-14,16-17H2,1H3. The zero-order valence-electron chi connectivity index (χ0n) is 16.8. The second-order valence-electron chi connectivity index (χ2n) is 8.87. The van der Waals surface area contributed by atoms with Crippen LogP contribution in [-0.4, -0.2) is 54.2 Å². The van der Waals surface area contributed by atoms with E-state index in [2.05, 4.69) is 44.0 Å². The predicted octanol–water partition coefficient (Wildman–Crippen LogP) is 3.72. The molecule has 5 rings (SSSR count). The van der Waals surface area contributed by atoms with Crippen LogP contribution < -0.4 is 9.64 Å². The first-order chi connectivity index (χ1) is 13.8. The smallest absolute Gasteiger partial charge is 0.147 e. The third-order valence-electron chi connectivity index (χ3n) is 7.23. The van der Waals surface area contributed by atoms with E-state index in [1.807, 2.05) is 6.20 Å². The fraction of sp³-hybridized carbons (Fsp3) is 0.565. The number of aromatic nitrogens is 2. The Kier molecular flexibility index (Phi) is 4.71. The molecular formula is C23H30N4O. The first-order valence-corrected chi connectivity index (χ1v) is 10.6. The molecule has 3 heterocycles. The highest BCUT2D eigenvalue weighted by atomic mass is 16.5. The molecule has 5 heteroatoms.